The molecule has 0 N–H and O–H groups in total. The number of nitrogens with zero attached hydrogens (tertiary/aromatic N) is 2. The summed E-state index contributed by atoms with van der Waals surface area (Å²) in [7, 11) is 0. The Morgan fingerprint density at radius 2 is 1.90 bits per heavy atom. The van der Waals surface area contributed by atoms with Gasteiger partial charge >= 0.3 is 0 Å². The van der Waals surface area contributed by atoms with Crippen molar-refractivity contribution in [1.82, 2.24) is 9.80 Å². The fourth-order valence-electron chi connectivity index (χ4n) is 3.31. The van der Waals surface area contributed by atoms with Gasteiger partial charge in [0.25, 0.3) is 0 Å². The first-order valence-electron chi connectivity index (χ1n) is 7.66. The molecule has 2 aliphatic heterocycles. The van der Waals surface area contributed by atoms with E-state index in [2.05, 4.69) is 9.80 Å². The van der Waals surface area contributed by atoms with Gasteiger partial charge in [0, 0.05) is 19.1 Å². The highest BCUT2D eigenvalue weighted by Gasteiger charge is 2.28. The highest BCUT2D eigenvalue weighted by atomic mass is 19.1. The lowest BCUT2D eigenvalue weighted by Gasteiger charge is -2.25. The summed E-state index contributed by atoms with van der Waals surface area (Å²) >= 11 is 0. The summed E-state index contributed by atoms with van der Waals surface area (Å²) in [6.45, 7) is 6.51. The maximum Gasteiger partial charge on any atom is 0.123 e. The van der Waals surface area contributed by atoms with Gasteiger partial charge in [-0.15, -0.1) is 0 Å². The first-order valence-corrected chi connectivity index (χ1v) is 7.66. The van der Waals surface area contributed by atoms with Crippen molar-refractivity contribution in [3.05, 3.63) is 30.1 Å². The molecule has 3 rings (SSSR count). The standard InChI is InChI=1S/C16H23FN2O/c17-14-4-6-16(7-5-14)20-12-11-18-8-2-10-19-9-1-3-15(19)13-18/h4-7,15H,1-3,8-13H2/t15-/m1/s1. The number of fused-ring (bicyclic) bond motifs is 1. The summed E-state index contributed by atoms with van der Waals surface area (Å²) in [4.78, 5) is 5.15. The summed E-state index contributed by atoms with van der Waals surface area (Å²) in [6, 6.07) is 7.02. The predicted octanol–water partition coefficient (Wildman–Crippen LogP) is 2.37. The van der Waals surface area contributed by atoms with E-state index in [-0.39, 0.29) is 5.82 Å². The monoisotopic (exact) mass is 278 g/mol. The first kappa shape index (κ1) is 13.8. The summed E-state index contributed by atoms with van der Waals surface area (Å²) in [6.07, 6.45) is 3.95. The zero-order valence-electron chi connectivity index (χ0n) is 11.9. The molecule has 2 saturated heterocycles. The fraction of sp³-hybridized carbons (Fsp3) is 0.625. The normalized spacial score (nSPS) is 24.4. The second-order valence-corrected chi connectivity index (χ2v) is 5.79. The Balaban J connectivity index is 1.44. The Bertz CT molecular complexity index is 423. The largest absolute Gasteiger partial charge is 0.492 e. The van der Waals surface area contributed by atoms with E-state index >= 15 is 0 Å². The average Bonchev–Trinajstić information content (AvgIpc) is 2.80. The molecular weight excluding hydrogens is 255 g/mol. The molecule has 2 aliphatic rings. The predicted molar refractivity (Wildman–Crippen MR) is 77.5 cm³/mol. The van der Waals surface area contributed by atoms with Crippen molar-refractivity contribution in [2.24, 2.45) is 0 Å². The lowest BCUT2D eigenvalue weighted by atomic mass is 10.2. The van der Waals surface area contributed by atoms with Crippen LogP contribution >= 0.6 is 0 Å². The maximum atomic E-state index is 12.8. The molecule has 1 aromatic rings. The van der Waals surface area contributed by atoms with Gasteiger partial charge in [-0.05, 0) is 63.2 Å². The molecule has 3 nitrogen and oxygen atoms in total. The van der Waals surface area contributed by atoms with Gasteiger partial charge in [0.05, 0.1) is 0 Å². The Morgan fingerprint density at radius 3 is 2.75 bits per heavy atom. The summed E-state index contributed by atoms with van der Waals surface area (Å²) in [5.41, 5.74) is 0. The molecule has 2 heterocycles. The molecule has 110 valence electrons. The number of ether oxygens (including phenoxy) is 1. The molecule has 0 aliphatic carbocycles. The maximum absolute atomic E-state index is 12.8. The van der Waals surface area contributed by atoms with E-state index in [9.17, 15) is 4.39 Å². The Labute approximate surface area is 120 Å². The number of rotatable bonds is 4. The summed E-state index contributed by atoms with van der Waals surface area (Å²) < 4.78 is 18.5. The molecule has 1 aromatic carbocycles. The van der Waals surface area contributed by atoms with E-state index in [1.54, 1.807) is 12.1 Å². The molecule has 0 unspecified atom stereocenters. The van der Waals surface area contributed by atoms with Crippen molar-refractivity contribution < 1.29 is 9.13 Å². The Morgan fingerprint density at radius 1 is 1.10 bits per heavy atom. The molecule has 0 radical (unpaired) electrons. The molecule has 0 bridgehead atoms. The summed E-state index contributed by atoms with van der Waals surface area (Å²) in [5.74, 6) is 0.537. The molecule has 1 atom stereocenters. The third-order valence-corrected chi connectivity index (χ3v) is 4.38. The van der Waals surface area contributed by atoms with E-state index in [1.807, 2.05) is 0 Å². The number of hydrogen-bond donors (Lipinski definition) is 0. The molecule has 4 heteroatoms. The van der Waals surface area contributed by atoms with Gasteiger partial charge in [-0.3, -0.25) is 9.80 Å². The third-order valence-electron chi connectivity index (χ3n) is 4.38. The first-order chi connectivity index (χ1) is 9.81. The zero-order valence-corrected chi connectivity index (χ0v) is 11.9. The molecule has 0 amide bonds. The smallest absolute Gasteiger partial charge is 0.123 e. The van der Waals surface area contributed by atoms with Gasteiger partial charge < -0.3 is 4.74 Å². The van der Waals surface area contributed by atoms with Crippen LogP contribution < -0.4 is 4.74 Å². The average molecular weight is 278 g/mol. The molecular formula is C16H23FN2O. The van der Waals surface area contributed by atoms with Crippen LogP contribution in [0, 0.1) is 5.82 Å². The van der Waals surface area contributed by atoms with Crippen LogP contribution in [0.3, 0.4) is 0 Å². The Kier molecular flexibility index (Phi) is 4.53. The lowest BCUT2D eigenvalue weighted by molar-refractivity contribution is 0.188. The van der Waals surface area contributed by atoms with E-state index in [1.165, 1.54) is 57.6 Å². The van der Waals surface area contributed by atoms with Crippen molar-refractivity contribution in [2.45, 2.75) is 25.3 Å². The van der Waals surface area contributed by atoms with Gasteiger partial charge in [0.1, 0.15) is 18.2 Å². The van der Waals surface area contributed by atoms with Crippen LogP contribution in [0.2, 0.25) is 0 Å². The number of halogens is 1. The summed E-state index contributed by atoms with van der Waals surface area (Å²) in [5, 5.41) is 0. The fourth-order valence-corrected chi connectivity index (χ4v) is 3.31. The van der Waals surface area contributed by atoms with Crippen molar-refractivity contribution in [3.8, 4) is 5.75 Å². The van der Waals surface area contributed by atoms with Crippen LogP contribution in [0.25, 0.3) is 0 Å². The van der Waals surface area contributed by atoms with Crippen molar-refractivity contribution in [2.75, 3.05) is 39.3 Å². The highest BCUT2D eigenvalue weighted by molar-refractivity contribution is 5.21. The minimum Gasteiger partial charge on any atom is -0.492 e. The second kappa shape index (κ2) is 6.55. The quantitative estimate of drug-likeness (QED) is 0.841. The van der Waals surface area contributed by atoms with E-state index in [0.717, 1.165) is 18.3 Å². The number of hydrogen-bond acceptors (Lipinski definition) is 3. The van der Waals surface area contributed by atoms with Crippen LogP contribution in [0.1, 0.15) is 19.3 Å². The van der Waals surface area contributed by atoms with Gasteiger partial charge in [-0.2, -0.15) is 0 Å². The molecule has 2 fully saturated rings. The van der Waals surface area contributed by atoms with Crippen LogP contribution in [0.4, 0.5) is 4.39 Å². The molecule has 0 saturated carbocycles. The molecule has 20 heavy (non-hydrogen) atoms. The van der Waals surface area contributed by atoms with Gasteiger partial charge in [0.2, 0.25) is 0 Å². The van der Waals surface area contributed by atoms with Crippen molar-refractivity contribution in [3.63, 3.8) is 0 Å². The van der Waals surface area contributed by atoms with Gasteiger partial charge in [0.15, 0.2) is 0 Å². The minimum atomic E-state index is -0.216. The lowest BCUT2D eigenvalue weighted by Crippen LogP contribution is -2.38. The van der Waals surface area contributed by atoms with E-state index < -0.39 is 0 Å². The van der Waals surface area contributed by atoms with Crippen molar-refractivity contribution in [1.29, 1.82) is 0 Å². The van der Waals surface area contributed by atoms with Crippen LogP contribution in [-0.4, -0.2) is 55.2 Å². The minimum absolute atomic E-state index is 0.216. The van der Waals surface area contributed by atoms with Crippen LogP contribution in [0.15, 0.2) is 24.3 Å². The van der Waals surface area contributed by atoms with Gasteiger partial charge in [-0.1, -0.05) is 0 Å². The molecule has 0 spiro atoms. The topological polar surface area (TPSA) is 15.7 Å². The van der Waals surface area contributed by atoms with Crippen LogP contribution in [0.5, 0.6) is 5.75 Å². The van der Waals surface area contributed by atoms with Crippen LogP contribution in [-0.2, 0) is 0 Å². The third kappa shape index (κ3) is 3.49. The highest BCUT2D eigenvalue weighted by Crippen LogP contribution is 2.21. The van der Waals surface area contributed by atoms with Gasteiger partial charge in [-0.25, -0.2) is 4.39 Å². The molecule has 0 aromatic heterocycles. The van der Waals surface area contributed by atoms with Crippen molar-refractivity contribution >= 4 is 0 Å². The second-order valence-electron chi connectivity index (χ2n) is 5.79. The SMILES string of the molecule is Fc1ccc(OCCN2CCCN3CCC[C@@H]3C2)cc1. The van der Waals surface area contributed by atoms with E-state index in [4.69, 9.17) is 4.74 Å². The number of benzene rings is 1. The van der Waals surface area contributed by atoms with E-state index in [0.29, 0.717) is 6.61 Å². The zero-order chi connectivity index (χ0) is 13.8. The Hall–Kier alpha value is -1.13.